The summed E-state index contributed by atoms with van der Waals surface area (Å²) < 4.78 is 19.3. The molecule has 2 rings (SSSR count). The van der Waals surface area contributed by atoms with E-state index >= 15 is 0 Å². The van der Waals surface area contributed by atoms with Gasteiger partial charge in [0.2, 0.25) is 0 Å². The molecule has 0 saturated carbocycles. The Labute approximate surface area is 116 Å². The van der Waals surface area contributed by atoms with E-state index in [-0.39, 0.29) is 17.6 Å². The average molecular weight is 280 g/mol. The fourth-order valence-corrected chi connectivity index (χ4v) is 2.61. The molecule has 3 nitrogen and oxygen atoms in total. The van der Waals surface area contributed by atoms with E-state index in [0.29, 0.717) is 12.2 Å². The average Bonchev–Trinajstić information content (AvgIpc) is 2.77. The van der Waals surface area contributed by atoms with Crippen molar-refractivity contribution in [1.82, 2.24) is 4.98 Å². The topological polar surface area (TPSA) is 48.1 Å². The number of thiazole rings is 1. The predicted octanol–water partition coefficient (Wildman–Crippen LogP) is 3.23. The zero-order valence-electron chi connectivity index (χ0n) is 11.0. The van der Waals surface area contributed by atoms with Crippen molar-refractivity contribution < 1.29 is 9.13 Å². The lowest BCUT2D eigenvalue weighted by molar-refractivity contribution is 0.301. The summed E-state index contributed by atoms with van der Waals surface area (Å²) in [4.78, 5) is 5.34. The van der Waals surface area contributed by atoms with E-state index in [2.05, 4.69) is 4.98 Å². The highest BCUT2D eigenvalue weighted by Crippen LogP contribution is 2.27. The third-order valence-electron chi connectivity index (χ3n) is 2.91. The molecule has 1 aromatic heterocycles. The zero-order valence-corrected chi connectivity index (χ0v) is 11.8. The van der Waals surface area contributed by atoms with Gasteiger partial charge >= 0.3 is 0 Å². The Morgan fingerprint density at radius 1 is 1.47 bits per heavy atom. The van der Waals surface area contributed by atoms with Gasteiger partial charge in [-0.05, 0) is 19.9 Å². The van der Waals surface area contributed by atoms with Gasteiger partial charge in [0.1, 0.15) is 0 Å². The Bertz CT molecular complexity index is 554. The highest BCUT2D eigenvalue weighted by Gasteiger charge is 2.13. The zero-order chi connectivity index (χ0) is 13.8. The molecule has 1 heterocycles. The molecule has 0 amide bonds. The van der Waals surface area contributed by atoms with Crippen molar-refractivity contribution in [3.63, 3.8) is 0 Å². The molecule has 1 aromatic carbocycles. The third kappa shape index (κ3) is 3.30. The number of para-hydroxylation sites is 1. The number of hydrogen-bond donors (Lipinski definition) is 1. The van der Waals surface area contributed by atoms with Crippen LogP contribution in [0, 0.1) is 12.7 Å². The minimum atomic E-state index is -0.365. The smallest absolute Gasteiger partial charge is 0.165 e. The maximum atomic E-state index is 13.8. The van der Waals surface area contributed by atoms with Gasteiger partial charge in [0, 0.05) is 22.9 Å². The summed E-state index contributed by atoms with van der Waals surface area (Å²) in [6.07, 6.45) is 0.725. The van der Waals surface area contributed by atoms with Crippen molar-refractivity contribution in [2.45, 2.75) is 26.3 Å². The summed E-state index contributed by atoms with van der Waals surface area (Å²) in [6, 6.07) is 4.57. The number of nitrogens with zero attached hydrogens (tertiary/aromatic N) is 1. The van der Waals surface area contributed by atoms with Crippen LogP contribution in [0.2, 0.25) is 0 Å². The van der Waals surface area contributed by atoms with E-state index < -0.39 is 0 Å². The molecule has 0 aliphatic heterocycles. The van der Waals surface area contributed by atoms with Gasteiger partial charge in [0.05, 0.1) is 17.8 Å². The van der Waals surface area contributed by atoms with Crippen LogP contribution in [0.1, 0.15) is 29.1 Å². The summed E-state index contributed by atoms with van der Waals surface area (Å²) >= 11 is 1.59. The molecule has 0 bridgehead atoms. The highest BCUT2D eigenvalue weighted by atomic mass is 32.1. The Balaban J connectivity index is 2.05. The van der Waals surface area contributed by atoms with Gasteiger partial charge in [0.25, 0.3) is 0 Å². The summed E-state index contributed by atoms with van der Waals surface area (Å²) in [7, 11) is 0. The van der Waals surface area contributed by atoms with E-state index in [0.717, 1.165) is 12.1 Å². The molecule has 102 valence electrons. The van der Waals surface area contributed by atoms with E-state index in [1.807, 2.05) is 13.8 Å². The van der Waals surface area contributed by atoms with Gasteiger partial charge in [-0.15, -0.1) is 11.3 Å². The second kappa shape index (κ2) is 6.12. The first-order valence-corrected chi connectivity index (χ1v) is 7.03. The number of hydrogen-bond acceptors (Lipinski definition) is 4. The molecule has 19 heavy (non-hydrogen) atoms. The minimum Gasteiger partial charge on any atom is -0.490 e. The maximum absolute atomic E-state index is 13.8. The van der Waals surface area contributed by atoms with Crippen LogP contribution in [0.25, 0.3) is 0 Å². The maximum Gasteiger partial charge on any atom is 0.165 e. The van der Waals surface area contributed by atoms with E-state index in [1.54, 1.807) is 29.0 Å². The first-order valence-electron chi connectivity index (χ1n) is 6.15. The molecule has 0 fully saturated rings. The molecule has 0 aliphatic rings. The van der Waals surface area contributed by atoms with Crippen LogP contribution in [0.15, 0.2) is 23.7 Å². The van der Waals surface area contributed by atoms with Gasteiger partial charge in [-0.3, -0.25) is 0 Å². The van der Waals surface area contributed by atoms with Crippen molar-refractivity contribution in [2.75, 3.05) is 6.61 Å². The Morgan fingerprint density at radius 3 is 2.89 bits per heavy atom. The number of halogens is 1. The largest absolute Gasteiger partial charge is 0.490 e. The lowest BCUT2D eigenvalue weighted by atomic mass is 10.1. The Morgan fingerprint density at radius 2 is 2.26 bits per heavy atom. The van der Waals surface area contributed by atoms with E-state index in [1.165, 1.54) is 10.9 Å². The SMILES string of the molecule is Cc1ncsc1CCOc1c(F)cccc1C(C)N. The quantitative estimate of drug-likeness (QED) is 0.914. The standard InChI is InChI=1S/C14H17FN2OS/c1-9(16)11-4-3-5-12(15)14(11)18-7-6-13-10(2)17-8-19-13/h3-5,8-9H,6-7,16H2,1-2H3. The first-order chi connectivity index (χ1) is 9.09. The van der Waals surface area contributed by atoms with Crippen molar-refractivity contribution in [2.24, 2.45) is 5.73 Å². The van der Waals surface area contributed by atoms with Gasteiger partial charge in [-0.25, -0.2) is 9.37 Å². The summed E-state index contributed by atoms with van der Waals surface area (Å²) in [6.45, 7) is 4.20. The molecule has 1 unspecified atom stereocenters. The van der Waals surface area contributed by atoms with E-state index in [4.69, 9.17) is 10.5 Å². The summed E-state index contributed by atoms with van der Waals surface area (Å²) in [5.74, 6) is -0.101. The molecule has 0 saturated heterocycles. The minimum absolute atomic E-state index is 0.254. The number of nitrogens with two attached hydrogens (primary N) is 1. The van der Waals surface area contributed by atoms with Crippen LogP contribution in [0.3, 0.4) is 0 Å². The van der Waals surface area contributed by atoms with Crippen LogP contribution < -0.4 is 10.5 Å². The number of aryl methyl sites for hydroxylation is 1. The molecule has 0 aliphatic carbocycles. The van der Waals surface area contributed by atoms with Crippen LogP contribution >= 0.6 is 11.3 Å². The Hall–Kier alpha value is -1.46. The predicted molar refractivity (Wildman–Crippen MR) is 75.1 cm³/mol. The third-order valence-corrected chi connectivity index (χ3v) is 3.90. The van der Waals surface area contributed by atoms with Gasteiger partial charge in [-0.1, -0.05) is 12.1 Å². The van der Waals surface area contributed by atoms with Gasteiger partial charge in [0.15, 0.2) is 11.6 Å². The number of ether oxygens (including phenoxy) is 1. The molecular weight excluding hydrogens is 263 g/mol. The van der Waals surface area contributed by atoms with Crippen LogP contribution in [-0.4, -0.2) is 11.6 Å². The Kier molecular flexibility index (Phi) is 4.50. The van der Waals surface area contributed by atoms with Crippen molar-refractivity contribution in [3.05, 3.63) is 45.7 Å². The fourth-order valence-electron chi connectivity index (χ4n) is 1.85. The van der Waals surface area contributed by atoms with Gasteiger partial charge in [-0.2, -0.15) is 0 Å². The van der Waals surface area contributed by atoms with Crippen LogP contribution in [-0.2, 0) is 6.42 Å². The lowest BCUT2D eigenvalue weighted by Crippen LogP contribution is -2.11. The summed E-state index contributed by atoms with van der Waals surface area (Å²) in [5.41, 5.74) is 9.33. The molecule has 2 N–H and O–H groups in total. The monoisotopic (exact) mass is 280 g/mol. The first kappa shape index (κ1) is 14.0. The van der Waals surface area contributed by atoms with Crippen LogP contribution in [0.4, 0.5) is 4.39 Å². The second-order valence-electron chi connectivity index (χ2n) is 4.41. The van der Waals surface area contributed by atoms with Gasteiger partial charge < -0.3 is 10.5 Å². The highest BCUT2D eigenvalue weighted by molar-refractivity contribution is 7.09. The van der Waals surface area contributed by atoms with Crippen molar-refractivity contribution in [1.29, 1.82) is 0 Å². The molecule has 0 spiro atoms. The van der Waals surface area contributed by atoms with Crippen LogP contribution in [0.5, 0.6) is 5.75 Å². The molecule has 2 aromatic rings. The fraction of sp³-hybridized carbons (Fsp3) is 0.357. The van der Waals surface area contributed by atoms with Crippen molar-refractivity contribution in [3.8, 4) is 5.75 Å². The number of rotatable bonds is 5. The molecule has 1 atom stereocenters. The van der Waals surface area contributed by atoms with E-state index in [9.17, 15) is 4.39 Å². The number of aromatic nitrogens is 1. The molecular formula is C14H17FN2OS. The lowest BCUT2D eigenvalue weighted by Gasteiger charge is -2.14. The van der Waals surface area contributed by atoms with Crippen molar-refractivity contribution >= 4 is 11.3 Å². The normalized spacial score (nSPS) is 12.4. The second-order valence-corrected chi connectivity index (χ2v) is 5.35. The summed E-state index contributed by atoms with van der Waals surface area (Å²) in [5, 5.41) is 0. The number of benzene rings is 1. The molecule has 0 radical (unpaired) electrons. The molecule has 5 heteroatoms.